The minimum absolute atomic E-state index is 0.0602. The van der Waals surface area contributed by atoms with Gasteiger partial charge in [-0.15, -0.1) is 0 Å². The van der Waals surface area contributed by atoms with Crippen LogP contribution in [0.2, 0.25) is 10.0 Å². The largest absolute Gasteiger partial charge is 0.504 e. The fraction of sp³-hybridized carbons (Fsp3) is 0.429. The molecule has 0 unspecified atom stereocenters. The van der Waals surface area contributed by atoms with Gasteiger partial charge >= 0.3 is 0 Å². The Balaban J connectivity index is 0.00000190. The molecule has 5 nitrogen and oxygen atoms in total. The summed E-state index contributed by atoms with van der Waals surface area (Å²) in [5, 5.41) is 11.1. The smallest absolute Gasteiger partial charge is 0.204 e. The van der Waals surface area contributed by atoms with E-state index in [9.17, 15) is 9.90 Å². The Morgan fingerprint density at radius 3 is 2.36 bits per heavy atom. The summed E-state index contributed by atoms with van der Waals surface area (Å²) in [4.78, 5) is 16.5. The molecule has 0 saturated carbocycles. The first-order valence-corrected chi connectivity index (χ1v) is 10.1. The van der Waals surface area contributed by atoms with Crippen molar-refractivity contribution in [2.24, 2.45) is 0 Å². The van der Waals surface area contributed by atoms with Crippen LogP contribution in [0.5, 0.6) is 17.2 Å². The van der Waals surface area contributed by atoms with Crippen molar-refractivity contribution in [2.75, 3.05) is 13.7 Å². The molecule has 0 saturated heterocycles. The molecule has 0 spiro atoms. The van der Waals surface area contributed by atoms with Gasteiger partial charge in [-0.2, -0.15) is 0 Å². The van der Waals surface area contributed by atoms with Crippen LogP contribution in [0, 0.1) is 0 Å². The van der Waals surface area contributed by atoms with Gasteiger partial charge in [-0.25, -0.2) is 0 Å². The highest BCUT2D eigenvalue weighted by Gasteiger charge is 2.21. The van der Waals surface area contributed by atoms with E-state index in [1.165, 1.54) is 25.6 Å². The van der Waals surface area contributed by atoms with Gasteiger partial charge in [0.15, 0.2) is 17.3 Å². The third kappa shape index (κ3) is 6.28. The Kier molecular flexibility index (Phi) is 10.7. The Morgan fingerprint density at radius 2 is 1.79 bits per heavy atom. The number of ether oxygens (including phenoxy) is 2. The zero-order chi connectivity index (χ0) is 21.1. The van der Waals surface area contributed by atoms with Crippen LogP contribution in [-0.4, -0.2) is 29.6 Å². The molecule has 2 rings (SSSR count). The lowest BCUT2D eigenvalue weighted by atomic mass is 10.0. The van der Waals surface area contributed by atoms with Gasteiger partial charge in [0.1, 0.15) is 0 Å². The van der Waals surface area contributed by atoms with Gasteiger partial charge in [-0.3, -0.25) is 9.78 Å². The van der Waals surface area contributed by atoms with Crippen molar-refractivity contribution >= 4 is 29.0 Å². The molecule has 0 aliphatic heterocycles. The first kappa shape index (κ1) is 24.1. The van der Waals surface area contributed by atoms with Gasteiger partial charge in [-0.1, -0.05) is 56.8 Å². The molecule has 0 fully saturated rings. The van der Waals surface area contributed by atoms with Crippen LogP contribution in [-0.2, 0) is 6.42 Å². The van der Waals surface area contributed by atoms with Crippen molar-refractivity contribution in [3.63, 3.8) is 0 Å². The number of aromatic nitrogens is 1. The molecule has 0 atom stereocenters. The van der Waals surface area contributed by atoms with Gasteiger partial charge < -0.3 is 14.6 Å². The number of carbonyl (C=O) groups is 1. The molecule has 0 amide bonds. The van der Waals surface area contributed by atoms with Crippen molar-refractivity contribution in [2.45, 2.75) is 46.5 Å². The molecular weight excluding hydrogens is 401 g/mol. The predicted octanol–water partition coefficient (Wildman–Crippen LogP) is 6.12. The topological polar surface area (TPSA) is 68.7 Å². The molecule has 0 aliphatic rings. The van der Waals surface area contributed by atoms with Crippen molar-refractivity contribution in [3.8, 4) is 17.2 Å². The number of pyridine rings is 1. The van der Waals surface area contributed by atoms with Crippen molar-refractivity contribution in [1.82, 2.24) is 4.98 Å². The summed E-state index contributed by atoms with van der Waals surface area (Å²) in [5.41, 5.74) is 0.592. The maximum Gasteiger partial charge on any atom is 0.204 e. The van der Waals surface area contributed by atoms with E-state index in [1.807, 2.05) is 13.8 Å². The van der Waals surface area contributed by atoms with Gasteiger partial charge in [0, 0.05) is 24.4 Å². The maximum absolute atomic E-state index is 12.7. The lowest BCUT2D eigenvalue weighted by molar-refractivity contribution is 0.0989. The van der Waals surface area contributed by atoms with Crippen LogP contribution in [0.25, 0.3) is 0 Å². The van der Waals surface area contributed by atoms with Crippen molar-refractivity contribution < 1.29 is 19.4 Å². The second-order valence-electron chi connectivity index (χ2n) is 5.73. The number of halogens is 2. The number of rotatable bonds is 9. The monoisotopic (exact) mass is 427 g/mol. The second-order valence-corrected chi connectivity index (χ2v) is 6.54. The number of Topliss-reactive ketones (excluding diaryl/α,β-unsaturated/α-hetero) is 1. The molecular formula is C21H27Cl2NO4. The van der Waals surface area contributed by atoms with Gasteiger partial charge in [0.2, 0.25) is 5.75 Å². The number of unbranched alkanes of at least 4 members (excludes halogenated alkanes) is 2. The zero-order valence-electron chi connectivity index (χ0n) is 16.7. The number of ketones is 1. The highest BCUT2D eigenvalue weighted by Crippen LogP contribution is 2.40. The van der Waals surface area contributed by atoms with Crippen LogP contribution in [0.4, 0.5) is 0 Å². The molecule has 1 aromatic heterocycles. The van der Waals surface area contributed by atoms with E-state index in [-0.39, 0.29) is 29.3 Å². The number of hydrogen-bond donors (Lipinski definition) is 1. The fourth-order valence-electron chi connectivity index (χ4n) is 2.47. The summed E-state index contributed by atoms with van der Waals surface area (Å²) >= 11 is 12.1. The number of benzene rings is 1. The SMILES string of the molecule is CC.CCCCCOc1c(OC)ccc(C(=O)Cc2c(Cl)cncc2Cl)c1O. The molecule has 0 bridgehead atoms. The van der Waals surface area contributed by atoms with Crippen LogP contribution in [0.3, 0.4) is 0 Å². The second kappa shape index (κ2) is 12.5. The number of aromatic hydroxyl groups is 1. The average molecular weight is 428 g/mol. The zero-order valence-corrected chi connectivity index (χ0v) is 18.2. The molecule has 154 valence electrons. The Morgan fingerprint density at radius 1 is 1.14 bits per heavy atom. The molecule has 1 heterocycles. The maximum atomic E-state index is 12.7. The number of phenolic OH excluding ortho intramolecular Hbond substituents is 1. The summed E-state index contributed by atoms with van der Waals surface area (Å²) < 4.78 is 10.9. The molecule has 28 heavy (non-hydrogen) atoms. The predicted molar refractivity (Wildman–Crippen MR) is 113 cm³/mol. The van der Waals surface area contributed by atoms with E-state index in [0.717, 1.165) is 19.3 Å². The van der Waals surface area contributed by atoms with Crippen LogP contribution < -0.4 is 9.47 Å². The highest BCUT2D eigenvalue weighted by atomic mass is 35.5. The minimum atomic E-state index is -0.335. The summed E-state index contributed by atoms with van der Waals surface area (Å²) in [6.07, 6.45) is 5.70. The molecule has 7 heteroatoms. The summed E-state index contributed by atoms with van der Waals surface area (Å²) in [5.74, 6) is -0.0392. The highest BCUT2D eigenvalue weighted by molar-refractivity contribution is 6.36. The van der Waals surface area contributed by atoms with E-state index < -0.39 is 0 Å². The van der Waals surface area contributed by atoms with Gasteiger partial charge in [0.05, 0.1) is 29.3 Å². The third-order valence-electron chi connectivity index (χ3n) is 3.90. The molecule has 1 N–H and O–H groups in total. The molecule has 0 aliphatic carbocycles. The minimum Gasteiger partial charge on any atom is -0.504 e. The average Bonchev–Trinajstić information content (AvgIpc) is 2.70. The van der Waals surface area contributed by atoms with Crippen LogP contribution in [0.1, 0.15) is 56.0 Å². The number of phenols is 1. The Hall–Kier alpha value is -1.98. The van der Waals surface area contributed by atoms with E-state index >= 15 is 0 Å². The fourth-order valence-corrected chi connectivity index (χ4v) is 2.97. The van der Waals surface area contributed by atoms with Crippen molar-refractivity contribution in [1.29, 1.82) is 0 Å². The molecule has 0 radical (unpaired) electrons. The van der Waals surface area contributed by atoms with Gasteiger partial charge in [-0.05, 0) is 18.6 Å². The summed E-state index contributed by atoms with van der Waals surface area (Å²) in [7, 11) is 1.48. The normalized spacial score (nSPS) is 10.1. The van der Waals surface area contributed by atoms with Gasteiger partial charge in [0.25, 0.3) is 0 Å². The Labute approximate surface area is 176 Å². The quantitative estimate of drug-likeness (QED) is 0.385. The van der Waals surface area contributed by atoms with E-state index in [1.54, 1.807) is 6.07 Å². The summed E-state index contributed by atoms with van der Waals surface area (Å²) in [6.45, 7) is 6.52. The lowest BCUT2D eigenvalue weighted by Crippen LogP contribution is -2.07. The molecule has 1 aromatic carbocycles. The van der Waals surface area contributed by atoms with Crippen LogP contribution >= 0.6 is 23.2 Å². The van der Waals surface area contributed by atoms with E-state index in [4.69, 9.17) is 32.7 Å². The number of nitrogens with zero attached hydrogens (tertiary/aromatic N) is 1. The number of carbonyl (C=O) groups excluding carboxylic acids is 1. The number of hydrogen-bond acceptors (Lipinski definition) is 5. The Bertz CT molecular complexity index is 761. The van der Waals surface area contributed by atoms with E-state index in [0.29, 0.717) is 28.0 Å². The standard InChI is InChI=1S/C19H21Cl2NO4.C2H6/c1-3-4-5-8-26-19-17(25-2)7-6-12(18(19)24)16(23)9-13-14(20)10-22-11-15(13)21;1-2/h6-7,10-11,24H,3-5,8-9H2,1-2H3;1-2H3. The van der Waals surface area contributed by atoms with Crippen LogP contribution in [0.15, 0.2) is 24.5 Å². The first-order chi connectivity index (χ1) is 13.5. The lowest BCUT2D eigenvalue weighted by Gasteiger charge is -2.15. The van der Waals surface area contributed by atoms with E-state index in [2.05, 4.69) is 11.9 Å². The molecule has 2 aromatic rings. The number of methoxy groups -OCH3 is 1. The third-order valence-corrected chi connectivity index (χ3v) is 4.55. The van der Waals surface area contributed by atoms with Crippen molar-refractivity contribution in [3.05, 3.63) is 45.7 Å². The first-order valence-electron chi connectivity index (χ1n) is 9.33. The summed E-state index contributed by atoms with van der Waals surface area (Å²) in [6, 6.07) is 3.09.